The van der Waals surface area contributed by atoms with E-state index in [2.05, 4.69) is 10.5 Å². The molecule has 204 valence electrons. The lowest BCUT2D eigenvalue weighted by Gasteiger charge is -2.22. The molecule has 0 spiro atoms. The first-order valence-electron chi connectivity index (χ1n) is 12.5. The summed E-state index contributed by atoms with van der Waals surface area (Å²) in [5.74, 6) is -2.65. The molecule has 0 bridgehead atoms. The van der Waals surface area contributed by atoms with Gasteiger partial charge in [-0.1, -0.05) is 53.7 Å². The molecular formula is C31H28FN3O5. The van der Waals surface area contributed by atoms with Crippen LogP contribution in [0.1, 0.15) is 34.6 Å². The topological polar surface area (TPSA) is 121 Å². The van der Waals surface area contributed by atoms with Crippen molar-refractivity contribution in [1.29, 1.82) is 0 Å². The van der Waals surface area contributed by atoms with Gasteiger partial charge in [-0.3, -0.25) is 14.4 Å². The summed E-state index contributed by atoms with van der Waals surface area (Å²) in [6, 6.07) is 22.3. The molecule has 1 atom stereocenters. The van der Waals surface area contributed by atoms with Gasteiger partial charge in [-0.05, 0) is 64.6 Å². The molecule has 1 heterocycles. The van der Waals surface area contributed by atoms with Crippen LogP contribution >= 0.6 is 0 Å². The summed E-state index contributed by atoms with van der Waals surface area (Å²) in [5, 5.41) is 25.0. The fourth-order valence-corrected chi connectivity index (χ4v) is 4.63. The number of amides is 1. The molecule has 0 aliphatic heterocycles. The summed E-state index contributed by atoms with van der Waals surface area (Å²) in [7, 11) is 1.65. The second-order valence-corrected chi connectivity index (χ2v) is 9.51. The van der Waals surface area contributed by atoms with Gasteiger partial charge < -0.3 is 20.2 Å². The Morgan fingerprint density at radius 1 is 0.975 bits per heavy atom. The van der Waals surface area contributed by atoms with Gasteiger partial charge in [-0.25, -0.2) is 4.39 Å². The van der Waals surface area contributed by atoms with E-state index in [9.17, 15) is 24.0 Å². The smallest absolute Gasteiger partial charge is 0.312 e. The monoisotopic (exact) mass is 541 g/mol. The Kier molecular flexibility index (Phi) is 8.54. The molecule has 3 N–H and O–H groups in total. The normalized spacial score (nSPS) is 12.1. The van der Waals surface area contributed by atoms with Crippen molar-refractivity contribution in [3.63, 3.8) is 0 Å². The van der Waals surface area contributed by atoms with Gasteiger partial charge in [0, 0.05) is 31.4 Å². The number of pyridine rings is 1. The van der Waals surface area contributed by atoms with Gasteiger partial charge in [0.15, 0.2) is 0 Å². The van der Waals surface area contributed by atoms with Crippen LogP contribution in [0, 0.1) is 12.7 Å². The fraction of sp³-hybridized carbons (Fsp3) is 0.161. The minimum Gasteiger partial charge on any atom is -0.481 e. The van der Waals surface area contributed by atoms with Gasteiger partial charge in [0.25, 0.3) is 0 Å². The molecule has 1 unspecified atom stereocenters. The molecule has 8 nitrogen and oxygen atoms in total. The van der Waals surface area contributed by atoms with Gasteiger partial charge in [0.05, 0.1) is 11.6 Å². The summed E-state index contributed by atoms with van der Waals surface area (Å²) in [6.07, 6.45) is 1.35. The Morgan fingerprint density at radius 2 is 1.62 bits per heavy atom. The molecule has 0 radical (unpaired) electrons. The number of benzene rings is 3. The second kappa shape index (κ2) is 12.2. The third kappa shape index (κ3) is 6.68. The number of anilines is 1. The van der Waals surface area contributed by atoms with Gasteiger partial charge >= 0.3 is 5.97 Å². The summed E-state index contributed by atoms with van der Waals surface area (Å²) >= 11 is 0. The SMILES string of the molecule is Cc1cc(F)ccc1C(/C(Cc1ccc(=O)n(C)c1)=N/O)c1ccc(-c2ccc(NC(=O)CC(=O)O)cc2)cc1. The van der Waals surface area contributed by atoms with Crippen LogP contribution in [0.25, 0.3) is 11.1 Å². The number of nitrogens with zero attached hydrogens (tertiary/aromatic N) is 2. The van der Waals surface area contributed by atoms with Gasteiger partial charge in [-0.15, -0.1) is 0 Å². The van der Waals surface area contributed by atoms with E-state index < -0.39 is 24.2 Å². The van der Waals surface area contributed by atoms with E-state index in [1.54, 1.807) is 44.4 Å². The van der Waals surface area contributed by atoms with Crippen LogP contribution in [0.3, 0.4) is 0 Å². The zero-order valence-corrected chi connectivity index (χ0v) is 22.0. The maximum atomic E-state index is 14.0. The van der Waals surface area contributed by atoms with Crippen LogP contribution < -0.4 is 10.9 Å². The standard InChI is InChI=1S/C31H28FN3O5/c1-19-15-24(32)10-13-26(19)31(27(34-40)16-20-3-14-29(37)35(2)18-20)23-6-4-21(5-7-23)22-8-11-25(12-9-22)33-28(36)17-30(38)39/h3-15,18,31,40H,16-17H2,1-2H3,(H,33,36)(H,38,39)/b34-27+. The number of rotatable bonds is 9. The van der Waals surface area contributed by atoms with E-state index in [1.165, 1.54) is 22.8 Å². The van der Waals surface area contributed by atoms with E-state index in [0.29, 0.717) is 17.0 Å². The van der Waals surface area contributed by atoms with E-state index in [0.717, 1.165) is 27.8 Å². The highest BCUT2D eigenvalue weighted by Gasteiger charge is 2.24. The number of aromatic nitrogens is 1. The van der Waals surface area contributed by atoms with Crippen molar-refractivity contribution in [2.24, 2.45) is 12.2 Å². The third-order valence-corrected chi connectivity index (χ3v) is 6.59. The predicted molar refractivity (Wildman–Crippen MR) is 150 cm³/mol. The number of nitrogens with one attached hydrogen (secondary N) is 1. The number of aryl methyl sites for hydroxylation is 2. The molecule has 4 aromatic rings. The highest BCUT2D eigenvalue weighted by molar-refractivity contribution is 6.01. The lowest BCUT2D eigenvalue weighted by atomic mass is 9.82. The molecule has 0 saturated heterocycles. The van der Waals surface area contributed by atoms with Crippen LogP contribution in [-0.4, -0.2) is 32.5 Å². The number of carbonyl (C=O) groups excluding carboxylic acids is 1. The van der Waals surface area contributed by atoms with E-state index in [1.807, 2.05) is 36.4 Å². The summed E-state index contributed by atoms with van der Waals surface area (Å²) in [4.78, 5) is 34.3. The highest BCUT2D eigenvalue weighted by atomic mass is 19.1. The molecule has 0 aliphatic rings. The van der Waals surface area contributed by atoms with Crippen LogP contribution in [0.15, 0.2) is 95.0 Å². The van der Waals surface area contributed by atoms with E-state index in [-0.39, 0.29) is 17.8 Å². The number of hydrogen-bond donors (Lipinski definition) is 3. The maximum Gasteiger partial charge on any atom is 0.312 e. The first-order valence-corrected chi connectivity index (χ1v) is 12.5. The lowest BCUT2D eigenvalue weighted by Crippen LogP contribution is -2.20. The van der Waals surface area contributed by atoms with Gasteiger partial charge in [0.1, 0.15) is 12.2 Å². The van der Waals surface area contributed by atoms with Crippen molar-refractivity contribution in [1.82, 2.24) is 4.57 Å². The zero-order chi connectivity index (χ0) is 28.8. The maximum absolute atomic E-state index is 14.0. The Morgan fingerprint density at radius 3 is 2.20 bits per heavy atom. The number of carbonyl (C=O) groups is 2. The second-order valence-electron chi connectivity index (χ2n) is 9.51. The number of halogens is 1. The minimum absolute atomic E-state index is 0.150. The minimum atomic E-state index is -1.20. The first-order chi connectivity index (χ1) is 19.1. The molecule has 0 aliphatic carbocycles. The number of carboxylic acids is 1. The van der Waals surface area contributed by atoms with Crippen LogP contribution in [-0.2, 0) is 23.1 Å². The number of oxime groups is 1. The van der Waals surface area contributed by atoms with Crippen molar-refractivity contribution in [3.05, 3.63) is 123 Å². The molecule has 9 heteroatoms. The van der Waals surface area contributed by atoms with E-state index in [4.69, 9.17) is 5.11 Å². The molecule has 1 aromatic heterocycles. The molecule has 3 aromatic carbocycles. The number of aliphatic carboxylic acids is 1. The molecular weight excluding hydrogens is 513 g/mol. The number of hydrogen-bond acceptors (Lipinski definition) is 5. The number of carboxylic acid groups (broad SMARTS) is 1. The third-order valence-electron chi connectivity index (χ3n) is 6.59. The molecule has 1 amide bonds. The van der Waals surface area contributed by atoms with E-state index >= 15 is 0 Å². The summed E-state index contributed by atoms with van der Waals surface area (Å²) in [6.45, 7) is 1.80. The largest absolute Gasteiger partial charge is 0.481 e. The van der Waals surface area contributed by atoms with Crippen molar-refractivity contribution in [3.8, 4) is 11.1 Å². The molecule has 40 heavy (non-hydrogen) atoms. The highest BCUT2D eigenvalue weighted by Crippen LogP contribution is 2.32. The zero-order valence-electron chi connectivity index (χ0n) is 22.0. The van der Waals surface area contributed by atoms with Crippen LogP contribution in [0.2, 0.25) is 0 Å². The van der Waals surface area contributed by atoms with Crippen molar-refractivity contribution in [2.75, 3.05) is 5.32 Å². The average Bonchev–Trinajstić information content (AvgIpc) is 2.91. The quantitative estimate of drug-likeness (QED) is 0.118. The van der Waals surface area contributed by atoms with Gasteiger partial charge in [0.2, 0.25) is 11.5 Å². The molecule has 0 fully saturated rings. The first kappa shape index (κ1) is 28.0. The van der Waals surface area contributed by atoms with Crippen molar-refractivity contribution in [2.45, 2.75) is 25.7 Å². The Bertz CT molecular complexity index is 1630. The molecule has 4 rings (SSSR count). The Hall–Kier alpha value is -5.05. The van der Waals surface area contributed by atoms with Crippen molar-refractivity contribution < 1.29 is 24.3 Å². The predicted octanol–water partition coefficient (Wildman–Crippen LogP) is 5.12. The molecule has 0 saturated carbocycles. The lowest BCUT2D eigenvalue weighted by molar-refractivity contribution is -0.139. The summed E-state index contributed by atoms with van der Waals surface area (Å²) < 4.78 is 15.4. The van der Waals surface area contributed by atoms with Crippen molar-refractivity contribution >= 4 is 23.3 Å². The Labute approximate surface area is 230 Å². The summed E-state index contributed by atoms with van der Waals surface area (Å²) in [5.41, 5.74) is 5.64. The fourth-order valence-electron chi connectivity index (χ4n) is 4.63. The van der Waals surface area contributed by atoms with Crippen LogP contribution in [0.5, 0.6) is 0 Å². The van der Waals surface area contributed by atoms with Crippen LogP contribution in [0.4, 0.5) is 10.1 Å². The van der Waals surface area contributed by atoms with Gasteiger partial charge in [-0.2, -0.15) is 0 Å². The Balaban J connectivity index is 1.65. The average molecular weight is 542 g/mol.